The van der Waals surface area contributed by atoms with Gasteiger partial charge in [0.05, 0.1) is 6.61 Å². The number of carbonyl (C=O) groups excluding carboxylic acids is 1. The van der Waals surface area contributed by atoms with Gasteiger partial charge in [0.2, 0.25) is 0 Å². The fourth-order valence-electron chi connectivity index (χ4n) is 2.22. The quantitative estimate of drug-likeness (QED) is 0.804. The highest BCUT2D eigenvalue weighted by Gasteiger charge is 2.24. The molecule has 0 spiro atoms. The molecule has 0 unspecified atom stereocenters. The van der Waals surface area contributed by atoms with Crippen LogP contribution in [0.4, 0.5) is 0 Å². The highest BCUT2D eigenvalue weighted by molar-refractivity contribution is 5.81. The summed E-state index contributed by atoms with van der Waals surface area (Å²) in [5.41, 5.74) is 2.50. The minimum atomic E-state index is -1.61. The first kappa shape index (κ1) is 16.9. The van der Waals surface area contributed by atoms with Crippen LogP contribution < -0.4 is 0 Å². The molecule has 2 aromatic rings. The van der Waals surface area contributed by atoms with Crippen LogP contribution in [0.25, 0.3) is 5.57 Å². The van der Waals surface area contributed by atoms with Crippen LogP contribution in [0.2, 0.25) is 0 Å². The van der Waals surface area contributed by atoms with Gasteiger partial charge in [-0.2, -0.15) is 0 Å². The molecule has 4 heteroatoms. The van der Waals surface area contributed by atoms with E-state index < -0.39 is 18.2 Å². The third kappa shape index (κ3) is 4.52. The van der Waals surface area contributed by atoms with E-state index in [2.05, 4.69) is 0 Å². The number of aliphatic hydroxyl groups is 2. The van der Waals surface area contributed by atoms with Gasteiger partial charge in [-0.1, -0.05) is 60.7 Å². The van der Waals surface area contributed by atoms with Crippen LogP contribution in [0.5, 0.6) is 0 Å². The average Bonchev–Trinajstić information content (AvgIpc) is 2.60. The summed E-state index contributed by atoms with van der Waals surface area (Å²) in [4.78, 5) is 11.6. The van der Waals surface area contributed by atoms with Crippen molar-refractivity contribution in [2.75, 3.05) is 6.61 Å². The van der Waals surface area contributed by atoms with E-state index in [1.54, 1.807) is 6.92 Å². The molecule has 4 nitrogen and oxygen atoms in total. The van der Waals surface area contributed by atoms with Crippen molar-refractivity contribution in [2.24, 2.45) is 0 Å². The largest absolute Gasteiger partial charge is 0.464 e. The van der Waals surface area contributed by atoms with Gasteiger partial charge in [0.1, 0.15) is 6.10 Å². The summed E-state index contributed by atoms with van der Waals surface area (Å²) in [6.07, 6.45) is -1.49. The van der Waals surface area contributed by atoms with Gasteiger partial charge in [0, 0.05) is 0 Å². The van der Waals surface area contributed by atoms with Gasteiger partial charge >= 0.3 is 5.97 Å². The van der Waals surface area contributed by atoms with Crippen molar-refractivity contribution in [1.82, 2.24) is 0 Å². The fourth-order valence-corrected chi connectivity index (χ4v) is 2.22. The van der Waals surface area contributed by atoms with E-state index in [1.165, 1.54) is 6.08 Å². The standard InChI is InChI=1S/C19H20O4/c1-2-23-19(22)18(21)17(20)13-16(14-9-5-3-6-10-14)15-11-7-4-8-12-15/h3-13,17-18,20-21H,2H2,1H3/t17-,18+/m1/s1. The van der Waals surface area contributed by atoms with E-state index in [9.17, 15) is 15.0 Å². The number of hydrogen-bond donors (Lipinski definition) is 2. The zero-order valence-corrected chi connectivity index (χ0v) is 12.9. The Kier molecular flexibility index (Phi) is 6.09. The second-order valence-corrected chi connectivity index (χ2v) is 5.00. The maximum absolute atomic E-state index is 11.6. The van der Waals surface area contributed by atoms with Crippen LogP contribution in [0.1, 0.15) is 18.1 Å². The van der Waals surface area contributed by atoms with Crippen LogP contribution >= 0.6 is 0 Å². The topological polar surface area (TPSA) is 66.8 Å². The Hall–Kier alpha value is -2.43. The summed E-state index contributed by atoms with van der Waals surface area (Å²) in [7, 11) is 0. The minimum absolute atomic E-state index is 0.149. The van der Waals surface area contributed by atoms with Gasteiger partial charge in [-0.05, 0) is 29.7 Å². The van der Waals surface area contributed by atoms with Crippen LogP contribution in [0.3, 0.4) is 0 Å². The molecular weight excluding hydrogens is 292 g/mol. The molecule has 0 heterocycles. The summed E-state index contributed by atoms with van der Waals surface area (Å²) >= 11 is 0. The van der Waals surface area contributed by atoms with Crippen molar-refractivity contribution in [2.45, 2.75) is 19.1 Å². The maximum atomic E-state index is 11.6. The second kappa shape index (κ2) is 8.27. The lowest BCUT2D eigenvalue weighted by Gasteiger charge is -2.16. The van der Waals surface area contributed by atoms with Crippen molar-refractivity contribution in [3.63, 3.8) is 0 Å². The Morgan fingerprint density at radius 1 is 1.00 bits per heavy atom. The molecule has 0 aliphatic carbocycles. The Labute approximate surface area is 135 Å². The predicted molar refractivity (Wildman–Crippen MR) is 88.6 cm³/mol. The van der Waals surface area contributed by atoms with E-state index in [0.717, 1.165) is 16.7 Å². The molecular formula is C19H20O4. The Bertz CT molecular complexity index is 608. The summed E-state index contributed by atoms with van der Waals surface area (Å²) in [6.45, 7) is 1.79. The molecule has 0 aliphatic rings. The monoisotopic (exact) mass is 312 g/mol. The van der Waals surface area contributed by atoms with Crippen molar-refractivity contribution >= 4 is 11.5 Å². The Morgan fingerprint density at radius 2 is 1.48 bits per heavy atom. The summed E-state index contributed by atoms with van der Waals surface area (Å²) in [5, 5.41) is 20.1. The number of benzene rings is 2. The summed E-state index contributed by atoms with van der Waals surface area (Å²) in [6, 6.07) is 19.0. The van der Waals surface area contributed by atoms with E-state index in [0.29, 0.717) is 0 Å². The third-order valence-electron chi connectivity index (χ3n) is 3.36. The molecule has 2 aromatic carbocycles. The first-order valence-corrected chi connectivity index (χ1v) is 7.49. The van der Waals surface area contributed by atoms with E-state index in [1.807, 2.05) is 60.7 Å². The van der Waals surface area contributed by atoms with Gasteiger partial charge in [-0.3, -0.25) is 0 Å². The Balaban J connectivity index is 2.36. The lowest BCUT2D eigenvalue weighted by atomic mass is 9.95. The van der Waals surface area contributed by atoms with Crippen molar-refractivity contribution in [1.29, 1.82) is 0 Å². The molecule has 0 amide bonds. The molecule has 0 saturated carbocycles. The average molecular weight is 312 g/mol. The van der Waals surface area contributed by atoms with Crippen LogP contribution in [0.15, 0.2) is 66.7 Å². The lowest BCUT2D eigenvalue weighted by Crippen LogP contribution is -2.34. The predicted octanol–water partition coefficient (Wildman–Crippen LogP) is 2.40. The second-order valence-electron chi connectivity index (χ2n) is 5.00. The SMILES string of the molecule is CCOC(=O)[C@@H](O)[C@H](O)C=C(c1ccccc1)c1ccccc1. The number of rotatable bonds is 6. The summed E-state index contributed by atoms with van der Waals surface area (Å²) in [5.74, 6) is -0.836. The molecule has 0 aliphatic heterocycles. The fraction of sp³-hybridized carbons (Fsp3) is 0.211. The molecule has 0 aromatic heterocycles. The van der Waals surface area contributed by atoms with Gasteiger partial charge in [0.25, 0.3) is 0 Å². The van der Waals surface area contributed by atoms with Crippen molar-refractivity contribution in [3.05, 3.63) is 77.9 Å². The summed E-state index contributed by atoms with van der Waals surface area (Å²) < 4.78 is 4.74. The van der Waals surface area contributed by atoms with Crippen LogP contribution in [0, 0.1) is 0 Å². The number of ether oxygens (including phenoxy) is 1. The lowest BCUT2D eigenvalue weighted by molar-refractivity contribution is -0.157. The molecule has 0 saturated heterocycles. The van der Waals surface area contributed by atoms with Crippen LogP contribution in [-0.2, 0) is 9.53 Å². The zero-order chi connectivity index (χ0) is 16.7. The van der Waals surface area contributed by atoms with E-state index in [4.69, 9.17) is 4.74 Å². The van der Waals surface area contributed by atoms with Crippen LogP contribution in [-0.4, -0.2) is 35.0 Å². The molecule has 0 fully saturated rings. The highest BCUT2D eigenvalue weighted by atomic mass is 16.5. The molecule has 23 heavy (non-hydrogen) atoms. The van der Waals surface area contributed by atoms with Gasteiger partial charge in [0.15, 0.2) is 6.10 Å². The number of carbonyl (C=O) groups is 1. The highest BCUT2D eigenvalue weighted by Crippen LogP contribution is 2.24. The van der Waals surface area contributed by atoms with E-state index >= 15 is 0 Å². The Morgan fingerprint density at radius 3 is 1.91 bits per heavy atom. The molecule has 0 bridgehead atoms. The minimum Gasteiger partial charge on any atom is -0.464 e. The molecule has 2 rings (SSSR count). The molecule has 2 N–H and O–H groups in total. The van der Waals surface area contributed by atoms with Crippen molar-refractivity contribution in [3.8, 4) is 0 Å². The molecule has 120 valence electrons. The molecule has 2 atom stereocenters. The third-order valence-corrected chi connectivity index (χ3v) is 3.36. The number of aliphatic hydroxyl groups excluding tert-OH is 2. The van der Waals surface area contributed by atoms with Gasteiger partial charge < -0.3 is 14.9 Å². The van der Waals surface area contributed by atoms with E-state index in [-0.39, 0.29) is 6.61 Å². The first-order chi connectivity index (χ1) is 11.1. The molecule has 0 radical (unpaired) electrons. The number of hydrogen-bond acceptors (Lipinski definition) is 4. The van der Waals surface area contributed by atoms with Gasteiger partial charge in [-0.15, -0.1) is 0 Å². The van der Waals surface area contributed by atoms with Gasteiger partial charge in [-0.25, -0.2) is 4.79 Å². The first-order valence-electron chi connectivity index (χ1n) is 7.49. The number of esters is 1. The normalized spacial score (nSPS) is 13.0. The maximum Gasteiger partial charge on any atom is 0.338 e. The smallest absolute Gasteiger partial charge is 0.338 e. The van der Waals surface area contributed by atoms with Crippen molar-refractivity contribution < 1.29 is 19.7 Å². The zero-order valence-electron chi connectivity index (χ0n) is 12.9.